The molecule has 0 aliphatic rings. The van der Waals surface area contributed by atoms with Gasteiger partial charge >= 0.3 is 0 Å². The Bertz CT molecular complexity index is 607. The average molecular weight is 276 g/mol. The predicted octanol–water partition coefficient (Wildman–Crippen LogP) is 5.33. The molecule has 0 aliphatic heterocycles. The highest BCUT2D eigenvalue weighted by Crippen LogP contribution is 2.05. The highest BCUT2D eigenvalue weighted by Gasteiger charge is 1.98. The van der Waals surface area contributed by atoms with E-state index in [1.54, 1.807) is 12.2 Å². The number of carbonyl (C=O) groups excluding carboxylic acids is 1. The minimum Gasteiger partial charge on any atom is -0.289 e. The molecule has 1 nitrogen and oxygen atoms in total. The summed E-state index contributed by atoms with van der Waals surface area (Å²) in [5.74, 6) is 0.0319. The summed E-state index contributed by atoms with van der Waals surface area (Å²) >= 11 is 0. The quantitative estimate of drug-likeness (QED) is 0.419. The van der Waals surface area contributed by atoms with Crippen LogP contribution in [-0.2, 0) is 0 Å². The van der Waals surface area contributed by atoms with Crippen LogP contribution in [0.4, 0.5) is 0 Å². The molecule has 0 saturated heterocycles. The van der Waals surface area contributed by atoms with Gasteiger partial charge in [0.25, 0.3) is 0 Å². The molecule has 0 unspecified atom stereocenters. The molecule has 106 valence electrons. The molecular formula is C20H20O. The van der Waals surface area contributed by atoms with Gasteiger partial charge in [-0.2, -0.15) is 0 Å². The molecular weight excluding hydrogens is 256 g/mol. The molecule has 0 radical (unpaired) electrons. The smallest absolute Gasteiger partial charge is 0.185 e. The first-order chi connectivity index (χ1) is 10.1. The lowest BCUT2D eigenvalue weighted by Crippen LogP contribution is -1.92. The van der Waals surface area contributed by atoms with Crippen molar-refractivity contribution < 1.29 is 4.79 Å². The molecule has 2 aromatic rings. The first kappa shape index (κ1) is 16.4. The summed E-state index contributed by atoms with van der Waals surface area (Å²) in [5.41, 5.74) is 2.77. The van der Waals surface area contributed by atoms with Crippen LogP contribution < -0.4 is 0 Å². The van der Waals surface area contributed by atoms with Crippen molar-refractivity contribution in [3.05, 3.63) is 103 Å². The van der Waals surface area contributed by atoms with Crippen LogP contribution in [0.5, 0.6) is 0 Å². The van der Waals surface area contributed by atoms with Crippen LogP contribution in [0.3, 0.4) is 0 Å². The monoisotopic (exact) mass is 276 g/mol. The Morgan fingerprint density at radius 1 is 0.952 bits per heavy atom. The summed E-state index contributed by atoms with van der Waals surface area (Å²) in [7, 11) is 0. The molecule has 0 fully saturated rings. The van der Waals surface area contributed by atoms with Crippen LogP contribution in [0.2, 0.25) is 0 Å². The Balaban J connectivity index is 0.000000383. The maximum atomic E-state index is 11.7. The van der Waals surface area contributed by atoms with Crippen molar-refractivity contribution in [3.8, 4) is 0 Å². The lowest BCUT2D eigenvalue weighted by atomic mass is 10.1. The van der Waals surface area contributed by atoms with Crippen molar-refractivity contribution in [1.82, 2.24) is 0 Å². The largest absolute Gasteiger partial charge is 0.289 e. The minimum atomic E-state index is 0.0319. The van der Waals surface area contributed by atoms with Gasteiger partial charge in [-0.15, -0.1) is 0 Å². The zero-order valence-corrected chi connectivity index (χ0v) is 12.3. The SMILES string of the molecule is C=CC(=C)C.O=C(C=Cc1ccccc1)c1ccccc1. The Morgan fingerprint density at radius 3 is 1.90 bits per heavy atom. The molecule has 0 spiro atoms. The number of benzene rings is 2. The van der Waals surface area contributed by atoms with Crippen LogP contribution in [0.15, 0.2) is 91.5 Å². The third-order valence-electron chi connectivity index (χ3n) is 2.63. The van der Waals surface area contributed by atoms with E-state index in [4.69, 9.17) is 0 Å². The van der Waals surface area contributed by atoms with E-state index in [-0.39, 0.29) is 5.78 Å². The van der Waals surface area contributed by atoms with E-state index >= 15 is 0 Å². The average Bonchev–Trinajstić information content (AvgIpc) is 2.55. The molecule has 0 heterocycles. The van der Waals surface area contributed by atoms with Crippen LogP contribution in [0, 0.1) is 0 Å². The summed E-state index contributed by atoms with van der Waals surface area (Å²) in [6.07, 6.45) is 5.15. The second-order valence-electron chi connectivity index (χ2n) is 4.52. The molecule has 21 heavy (non-hydrogen) atoms. The second kappa shape index (κ2) is 9.27. The Morgan fingerprint density at radius 2 is 1.43 bits per heavy atom. The molecule has 0 N–H and O–H groups in total. The Hall–Kier alpha value is -2.67. The highest BCUT2D eigenvalue weighted by molar-refractivity contribution is 6.06. The fourth-order valence-corrected chi connectivity index (χ4v) is 1.43. The van der Waals surface area contributed by atoms with E-state index in [1.807, 2.05) is 73.7 Å². The van der Waals surface area contributed by atoms with Gasteiger partial charge in [0, 0.05) is 5.56 Å². The highest BCUT2D eigenvalue weighted by atomic mass is 16.1. The van der Waals surface area contributed by atoms with E-state index in [0.29, 0.717) is 0 Å². The van der Waals surface area contributed by atoms with E-state index < -0.39 is 0 Å². The number of hydrogen-bond donors (Lipinski definition) is 0. The van der Waals surface area contributed by atoms with Crippen molar-refractivity contribution in [2.24, 2.45) is 0 Å². The number of rotatable bonds is 4. The van der Waals surface area contributed by atoms with Gasteiger partial charge in [-0.25, -0.2) is 0 Å². The van der Waals surface area contributed by atoms with Gasteiger partial charge in [-0.3, -0.25) is 4.79 Å². The zero-order chi connectivity index (χ0) is 15.5. The number of carbonyl (C=O) groups is 1. The van der Waals surface area contributed by atoms with E-state index in [9.17, 15) is 4.79 Å². The summed E-state index contributed by atoms with van der Waals surface area (Å²) in [6.45, 7) is 8.93. The lowest BCUT2D eigenvalue weighted by Gasteiger charge is -1.94. The molecule has 0 aromatic heterocycles. The standard InChI is InChI=1S/C15H12O.C5H8/c16-15(14-9-5-2-6-10-14)12-11-13-7-3-1-4-8-13;1-4-5(2)3/h1-12H;4H,1-2H2,3H3. The molecule has 1 heteroatoms. The summed E-state index contributed by atoms with van der Waals surface area (Å²) in [5, 5.41) is 0. The zero-order valence-electron chi connectivity index (χ0n) is 12.3. The number of hydrogen-bond acceptors (Lipinski definition) is 1. The lowest BCUT2D eigenvalue weighted by molar-refractivity contribution is 0.104. The van der Waals surface area contributed by atoms with Crippen molar-refractivity contribution in [2.75, 3.05) is 0 Å². The maximum absolute atomic E-state index is 11.7. The first-order valence-corrected chi connectivity index (χ1v) is 6.74. The molecule has 0 bridgehead atoms. The third kappa shape index (κ3) is 6.88. The predicted molar refractivity (Wildman–Crippen MR) is 91.3 cm³/mol. The molecule has 0 saturated carbocycles. The third-order valence-corrected chi connectivity index (χ3v) is 2.63. The fraction of sp³-hybridized carbons (Fsp3) is 0.0500. The van der Waals surface area contributed by atoms with E-state index in [1.165, 1.54) is 0 Å². The van der Waals surface area contributed by atoms with Gasteiger partial charge in [0.1, 0.15) is 0 Å². The summed E-state index contributed by atoms with van der Waals surface area (Å²) < 4.78 is 0. The van der Waals surface area contributed by atoms with Crippen molar-refractivity contribution >= 4 is 11.9 Å². The normalized spacial score (nSPS) is 9.57. The van der Waals surface area contributed by atoms with Crippen LogP contribution in [-0.4, -0.2) is 5.78 Å². The molecule has 0 atom stereocenters. The molecule has 0 aliphatic carbocycles. The number of ketones is 1. The molecule has 0 amide bonds. The number of allylic oxidation sites excluding steroid dienone is 3. The van der Waals surface area contributed by atoms with Crippen LogP contribution in [0.25, 0.3) is 6.08 Å². The van der Waals surface area contributed by atoms with E-state index in [2.05, 4.69) is 13.2 Å². The van der Waals surface area contributed by atoms with E-state index in [0.717, 1.165) is 16.7 Å². The fourth-order valence-electron chi connectivity index (χ4n) is 1.43. The van der Waals surface area contributed by atoms with Gasteiger partial charge in [0.15, 0.2) is 5.78 Å². The maximum Gasteiger partial charge on any atom is 0.185 e. The van der Waals surface area contributed by atoms with Gasteiger partial charge in [0.2, 0.25) is 0 Å². The second-order valence-corrected chi connectivity index (χ2v) is 4.52. The molecule has 2 rings (SSSR count). The topological polar surface area (TPSA) is 17.1 Å². The summed E-state index contributed by atoms with van der Waals surface area (Å²) in [6, 6.07) is 19.1. The van der Waals surface area contributed by atoms with Crippen LogP contribution in [0.1, 0.15) is 22.8 Å². The van der Waals surface area contributed by atoms with Crippen molar-refractivity contribution in [1.29, 1.82) is 0 Å². The summed E-state index contributed by atoms with van der Waals surface area (Å²) in [4.78, 5) is 11.7. The van der Waals surface area contributed by atoms with Gasteiger partial charge < -0.3 is 0 Å². The van der Waals surface area contributed by atoms with Gasteiger partial charge in [0.05, 0.1) is 0 Å². The minimum absolute atomic E-state index is 0.0319. The molecule has 2 aromatic carbocycles. The first-order valence-electron chi connectivity index (χ1n) is 6.74. The van der Waals surface area contributed by atoms with Gasteiger partial charge in [-0.1, -0.05) is 91.5 Å². The Labute approximate surface area is 127 Å². The van der Waals surface area contributed by atoms with Crippen LogP contribution >= 0.6 is 0 Å². The van der Waals surface area contributed by atoms with Crippen molar-refractivity contribution in [3.63, 3.8) is 0 Å². The van der Waals surface area contributed by atoms with Gasteiger partial charge in [-0.05, 0) is 18.6 Å². The van der Waals surface area contributed by atoms with Crippen molar-refractivity contribution in [2.45, 2.75) is 6.92 Å². The Kier molecular flexibility index (Phi) is 7.23.